The third-order valence-corrected chi connectivity index (χ3v) is 4.29. The van der Waals surface area contributed by atoms with Gasteiger partial charge in [0.05, 0.1) is 11.1 Å². The van der Waals surface area contributed by atoms with Crippen LogP contribution in [0.1, 0.15) is 37.5 Å². The number of benzene rings is 1. The molecule has 2 N–H and O–H groups in total. The van der Waals surface area contributed by atoms with Crippen LogP contribution in [0.2, 0.25) is 10.0 Å². The molecule has 0 radical (unpaired) electrons. The molecule has 0 bridgehead atoms. The van der Waals surface area contributed by atoms with Crippen molar-refractivity contribution in [3.05, 3.63) is 34.0 Å². The molecular formula is C14H15Cl2NO. The first-order valence-electron chi connectivity index (χ1n) is 6.29. The average molecular weight is 284 g/mol. The number of nitrogens with two attached hydrogens (primary N) is 1. The molecule has 1 aliphatic carbocycles. The SMILES string of the molecule is NC(c1cc2cc(Cl)cc(Cl)c2o1)C1CCCC1. The standard InChI is InChI=1S/C14H15Cl2NO/c15-10-5-9-6-12(18-14(9)11(16)7-10)13(17)8-3-1-2-4-8/h5-8,13H,1-4,17H2. The summed E-state index contributed by atoms with van der Waals surface area (Å²) in [5.74, 6) is 1.35. The van der Waals surface area contributed by atoms with Crippen LogP contribution in [0.4, 0.5) is 0 Å². The van der Waals surface area contributed by atoms with E-state index < -0.39 is 0 Å². The summed E-state index contributed by atoms with van der Waals surface area (Å²) in [7, 11) is 0. The first kappa shape index (κ1) is 12.3. The fraction of sp³-hybridized carbons (Fsp3) is 0.429. The zero-order valence-corrected chi connectivity index (χ0v) is 11.5. The Morgan fingerprint density at radius 3 is 2.61 bits per heavy atom. The number of hydrogen-bond donors (Lipinski definition) is 1. The molecule has 1 atom stereocenters. The van der Waals surface area contributed by atoms with Crippen molar-refractivity contribution in [2.45, 2.75) is 31.7 Å². The van der Waals surface area contributed by atoms with Crippen LogP contribution in [0.5, 0.6) is 0 Å². The van der Waals surface area contributed by atoms with Crippen molar-refractivity contribution in [1.29, 1.82) is 0 Å². The van der Waals surface area contributed by atoms with Crippen molar-refractivity contribution in [3.8, 4) is 0 Å². The van der Waals surface area contributed by atoms with E-state index in [1.807, 2.05) is 12.1 Å². The van der Waals surface area contributed by atoms with Gasteiger partial charge in [0.2, 0.25) is 0 Å². The molecule has 2 aromatic rings. The molecular weight excluding hydrogens is 269 g/mol. The van der Waals surface area contributed by atoms with Gasteiger partial charge in [0.25, 0.3) is 0 Å². The predicted octanol–water partition coefficient (Wildman–Crippen LogP) is 4.93. The van der Waals surface area contributed by atoms with Crippen LogP contribution in [0.15, 0.2) is 22.6 Å². The Balaban J connectivity index is 1.99. The lowest BCUT2D eigenvalue weighted by molar-refractivity contribution is 0.380. The van der Waals surface area contributed by atoms with Gasteiger partial charge >= 0.3 is 0 Å². The molecule has 0 amide bonds. The number of furan rings is 1. The van der Waals surface area contributed by atoms with E-state index in [0.29, 0.717) is 21.5 Å². The number of halogens is 2. The highest BCUT2D eigenvalue weighted by Gasteiger charge is 2.26. The van der Waals surface area contributed by atoms with Crippen molar-refractivity contribution in [2.75, 3.05) is 0 Å². The first-order valence-corrected chi connectivity index (χ1v) is 7.05. The van der Waals surface area contributed by atoms with E-state index in [2.05, 4.69) is 0 Å². The predicted molar refractivity (Wildman–Crippen MR) is 75.1 cm³/mol. The smallest absolute Gasteiger partial charge is 0.153 e. The van der Waals surface area contributed by atoms with Gasteiger partial charge in [-0.15, -0.1) is 0 Å². The summed E-state index contributed by atoms with van der Waals surface area (Å²) in [4.78, 5) is 0. The Hall–Kier alpha value is -0.700. The maximum atomic E-state index is 6.28. The lowest BCUT2D eigenvalue weighted by Crippen LogP contribution is -2.18. The number of fused-ring (bicyclic) bond motifs is 1. The van der Waals surface area contributed by atoms with Crippen LogP contribution >= 0.6 is 23.2 Å². The topological polar surface area (TPSA) is 39.2 Å². The van der Waals surface area contributed by atoms with E-state index in [-0.39, 0.29) is 6.04 Å². The Labute approximate surface area is 116 Å². The quantitative estimate of drug-likeness (QED) is 0.849. The monoisotopic (exact) mass is 283 g/mol. The van der Waals surface area contributed by atoms with E-state index >= 15 is 0 Å². The second-order valence-corrected chi connectivity index (χ2v) is 5.87. The second-order valence-electron chi connectivity index (χ2n) is 5.03. The van der Waals surface area contributed by atoms with Gasteiger partial charge in [-0.2, -0.15) is 0 Å². The largest absolute Gasteiger partial charge is 0.458 e. The molecule has 3 rings (SSSR count). The maximum absolute atomic E-state index is 6.28. The maximum Gasteiger partial charge on any atom is 0.153 e. The van der Waals surface area contributed by atoms with Crippen LogP contribution in [0.25, 0.3) is 11.0 Å². The van der Waals surface area contributed by atoms with E-state index in [9.17, 15) is 0 Å². The van der Waals surface area contributed by atoms with Gasteiger partial charge in [0.1, 0.15) is 5.76 Å². The van der Waals surface area contributed by atoms with Crippen molar-refractivity contribution in [2.24, 2.45) is 11.7 Å². The fourth-order valence-electron chi connectivity index (χ4n) is 2.81. The molecule has 1 heterocycles. The molecule has 18 heavy (non-hydrogen) atoms. The number of rotatable bonds is 2. The van der Waals surface area contributed by atoms with Gasteiger partial charge in [0, 0.05) is 10.4 Å². The molecule has 0 aliphatic heterocycles. The minimum Gasteiger partial charge on any atom is -0.458 e. The molecule has 1 saturated carbocycles. The lowest BCUT2D eigenvalue weighted by atomic mass is 9.97. The first-order chi connectivity index (χ1) is 8.65. The molecule has 1 aromatic carbocycles. The van der Waals surface area contributed by atoms with Crippen LogP contribution in [0.3, 0.4) is 0 Å². The second kappa shape index (κ2) is 4.76. The molecule has 1 aliphatic rings. The Morgan fingerprint density at radius 2 is 1.89 bits per heavy atom. The zero-order valence-electron chi connectivity index (χ0n) is 9.96. The Morgan fingerprint density at radius 1 is 1.17 bits per heavy atom. The van der Waals surface area contributed by atoms with E-state index in [1.54, 1.807) is 6.07 Å². The summed E-state index contributed by atoms with van der Waals surface area (Å²) in [5.41, 5.74) is 6.97. The average Bonchev–Trinajstić information content (AvgIpc) is 2.96. The van der Waals surface area contributed by atoms with Crippen LogP contribution in [-0.4, -0.2) is 0 Å². The summed E-state index contributed by atoms with van der Waals surface area (Å²) in [6.45, 7) is 0. The normalized spacial score (nSPS) is 18.6. The van der Waals surface area contributed by atoms with Crippen LogP contribution in [-0.2, 0) is 0 Å². The molecule has 1 unspecified atom stereocenters. The van der Waals surface area contributed by atoms with Gasteiger partial charge in [-0.25, -0.2) is 0 Å². The Kier molecular flexibility index (Phi) is 3.27. The summed E-state index contributed by atoms with van der Waals surface area (Å²) in [6.07, 6.45) is 4.91. The molecule has 1 fully saturated rings. The van der Waals surface area contributed by atoms with E-state index in [1.165, 1.54) is 25.7 Å². The summed E-state index contributed by atoms with van der Waals surface area (Å²) >= 11 is 12.1. The highest BCUT2D eigenvalue weighted by Crippen LogP contribution is 2.38. The summed E-state index contributed by atoms with van der Waals surface area (Å²) in [6, 6.07) is 5.49. The van der Waals surface area contributed by atoms with Gasteiger partial charge in [-0.1, -0.05) is 36.0 Å². The molecule has 4 heteroatoms. The molecule has 0 saturated heterocycles. The van der Waals surface area contributed by atoms with Crippen LogP contribution in [0, 0.1) is 5.92 Å². The number of hydrogen-bond acceptors (Lipinski definition) is 2. The molecule has 96 valence electrons. The van der Waals surface area contributed by atoms with Crippen molar-refractivity contribution in [1.82, 2.24) is 0 Å². The van der Waals surface area contributed by atoms with Crippen molar-refractivity contribution >= 4 is 34.2 Å². The highest BCUT2D eigenvalue weighted by molar-refractivity contribution is 6.38. The lowest BCUT2D eigenvalue weighted by Gasteiger charge is -2.15. The minimum atomic E-state index is -0.0326. The molecule has 0 spiro atoms. The highest BCUT2D eigenvalue weighted by atomic mass is 35.5. The minimum absolute atomic E-state index is 0.0326. The fourth-order valence-corrected chi connectivity index (χ4v) is 3.36. The van der Waals surface area contributed by atoms with Gasteiger partial charge in [-0.3, -0.25) is 0 Å². The summed E-state index contributed by atoms with van der Waals surface area (Å²) in [5, 5.41) is 2.09. The van der Waals surface area contributed by atoms with Crippen molar-refractivity contribution < 1.29 is 4.42 Å². The summed E-state index contributed by atoms with van der Waals surface area (Å²) < 4.78 is 5.81. The van der Waals surface area contributed by atoms with E-state index in [4.69, 9.17) is 33.4 Å². The molecule has 1 aromatic heterocycles. The van der Waals surface area contributed by atoms with Crippen LogP contribution < -0.4 is 5.73 Å². The van der Waals surface area contributed by atoms with E-state index in [0.717, 1.165) is 11.1 Å². The third kappa shape index (κ3) is 2.13. The van der Waals surface area contributed by atoms with Gasteiger partial charge in [-0.05, 0) is 37.0 Å². The molecule has 2 nitrogen and oxygen atoms in total. The Bertz CT molecular complexity index is 572. The van der Waals surface area contributed by atoms with Gasteiger partial charge in [0.15, 0.2) is 5.58 Å². The van der Waals surface area contributed by atoms with Crippen molar-refractivity contribution in [3.63, 3.8) is 0 Å². The zero-order chi connectivity index (χ0) is 12.7. The van der Waals surface area contributed by atoms with Gasteiger partial charge < -0.3 is 10.2 Å². The third-order valence-electron chi connectivity index (χ3n) is 3.79.